The number of hydrogen-bond acceptors (Lipinski definition) is 15. The first-order valence-electron chi connectivity index (χ1n) is 10.4. The quantitative estimate of drug-likeness (QED) is 0.276. The van der Waals surface area contributed by atoms with Crippen molar-refractivity contribution in [3.8, 4) is 0 Å². The molecule has 4 nitrogen and oxygen atoms in total. The third-order valence-electron chi connectivity index (χ3n) is 4.71. The summed E-state index contributed by atoms with van der Waals surface area (Å²) in [5.74, 6) is 0. The van der Waals surface area contributed by atoms with Gasteiger partial charge < -0.3 is 0 Å². The number of thioether (sulfide) groups is 10. The Morgan fingerprint density at radius 2 is 1.08 bits per heavy atom. The number of rotatable bonds is 1. The molecule has 1 aromatic rings. The maximum atomic E-state index is 8.49. The van der Waals surface area contributed by atoms with E-state index in [1.165, 1.54) is 34.1 Å². The fourth-order valence-electron chi connectivity index (χ4n) is 2.67. The van der Waals surface area contributed by atoms with Crippen LogP contribution in [-0.2, 0) is 0 Å². The Hall–Kier alpha value is 2.64. The Labute approximate surface area is 270 Å². The highest BCUT2D eigenvalue weighted by Crippen LogP contribution is 2.65. The van der Waals surface area contributed by atoms with Crippen LogP contribution in [0.1, 0.15) is 31.9 Å². The summed E-state index contributed by atoms with van der Waals surface area (Å²) in [6.07, 6.45) is 0. The van der Waals surface area contributed by atoms with Gasteiger partial charge >= 0.3 is 0 Å². The lowest BCUT2D eigenvalue weighted by molar-refractivity contribution is -2.00. The topological polar surface area (TPSA) is 92.2 Å². The van der Waals surface area contributed by atoms with Gasteiger partial charge in [0.15, 0.2) is 4.58 Å². The SMILES string of the molecule is C[C@@H]1SC2=C(SC(=C3SC=CS3)S2)S[C@H]1C.C[C@@H]1Sc2sc([C]3SC=CS3)[s+]c2S[C@H]1C.[O-][Cl+3]([O-])([O-])[O-]. The molecular formula is C20H20ClO4S12. The Bertz CT molecular complexity index is 1020. The first-order chi connectivity index (χ1) is 17.5. The van der Waals surface area contributed by atoms with Crippen LogP contribution in [0.2, 0.25) is 0 Å². The van der Waals surface area contributed by atoms with Crippen LogP contribution < -0.4 is 18.6 Å². The van der Waals surface area contributed by atoms with Crippen molar-refractivity contribution < 1.29 is 28.9 Å². The molecule has 4 atom stereocenters. The van der Waals surface area contributed by atoms with Gasteiger partial charge in [0.25, 0.3) is 4.19 Å². The first-order valence-corrected chi connectivity index (χ1v) is 21.9. The van der Waals surface area contributed by atoms with Gasteiger partial charge in [-0.25, -0.2) is 18.6 Å². The van der Waals surface area contributed by atoms with Gasteiger partial charge in [-0.05, 0) is 21.6 Å². The minimum atomic E-state index is -4.94. The molecule has 0 amide bonds. The molecule has 37 heavy (non-hydrogen) atoms. The second-order valence-corrected chi connectivity index (χ2v) is 23.5. The van der Waals surface area contributed by atoms with E-state index in [1.54, 1.807) is 0 Å². The van der Waals surface area contributed by atoms with Gasteiger partial charge in [-0.1, -0.05) is 98.3 Å². The highest BCUT2D eigenvalue weighted by molar-refractivity contribution is 8.43. The van der Waals surface area contributed by atoms with E-state index in [2.05, 4.69) is 96.4 Å². The van der Waals surface area contributed by atoms with Crippen molar-refractivity contribution in [3.63, 3.8) is 0 Å². The number of fused-ring (bicyclic) bond motifs is 1. The van der Waals surface area contributed by atoms with Crippen LogP contribution in [0.15, 0.2) is 47.0 Å². The van der Waals surface area contributed by atoms with Gasteiger partial charge in [0, 0.05) is 21.0 Å². The molecule has 0 spiro atoms. The third kappa shape index (κ3) is 9.83. The van der Waals surface area contributed by atoms with Crippen molar-refractivity contribution in [1.29, 1.82) is 0 Å². The van der Waals surface area contributed by atoms with E-state index in [0.29, 0.717) is 0 Å². The van der Waals surface area contributed by atoms with Crippen LogP contribution in [0, 0.1) is 14.8 Å². The van der Waals surface area contributed by atoms with Crippen LogP contribution in [0.3, 0.4) is 0 Å². The predicted molar refractivity (Wildman–Crippen MR) is 172 cm³/mol. The van der Waals surface area contributed by atoms with Crippen molar-refractivity contribution in [2.24, 2.45) is 0 Å². The summed E-state index contributed by atoms with van der Waals surface area (Å²) in [6.45, 7) is 9.35. The summed E-state index contributed by atoms with van der Waals surface area (Å²) in [4.78, 5) is 0. The van der Waals surface area contributed by atoms with Gasteiger partial charge in [-0.3, -0.25) is 0 Å². The summed E-state index contributed by atoms with van der Waals surface area (Å²) >= 11 is 23.6. The van der Waals surface area contributed by atoms with Crippen molar-refractivity contribution in [2.75, 3.05) is 0 Å². The molecule has 1 radical (unpaired) electrons. The van der Waals surface area contributed by atoms with Crippen molar-refractivity contribution in [2.45, 2.75) is 57.1 Å². The van der Waals surface area contributed by atoms with E-state index >= 15 is 0 Å². The molecule has 5 aliphatic heterocycles. The van der Waals surface area contributed by atoms with Gasteiger partial charge in [0.2, 0.25) is 8.42 Å². The van der Waals surface area contributed by atoms with Gasteiger partial charge in [0.1, 0.15) is 22.7 Å². The fourth-order valence-corrected chi connectivity index (χ4v) is 19.9. The lowest BCUT2D eigenvalue weighted by atomic mass is 10.4. The Kier molecular flexibility index (Phi) is 13.1. The zero-order valence-electron chi connectivity index (χ0n) is 19.5. The standard InChI is InChI=1S/2C10H10S6.ClHO4/c2*1-5-6(2)14-10-9(13-5)15-8(16-10)7-11-3-4-12-7;2-1(3,4)5/h2*3-6H,1-2H3;(H,2,3,4,5)/q;+1;/p-1/t2*5-,6-;/m00./s1. The molecule has 6 heterocycles. The molecular weight excluding hydrogens is 724 g/mol. The molecule has 0 fully saturated rings. The third-order valence-corrected chi connectivity index (χ3v) is 22.4. The van der Waals surface area contributed by atoms with Gasteiger partial charge in [0.05, 0.1) is 16.9 Å². The van der Waals surface area contributed by atoms with Gasteiger partial charge in [-0.15, -0.1) is 57.3 Å². The summed E-state index contributed by atoms with van der Waals surface area (Å²) in [7, 11) is -4.94. The van der Waals surface area contributed by atoms with E-state index in [0.717, 1.165) is 21.0 Å². The number of halogens is 1. The molecule has 1 aromatic heterocycles. The lowest BCUT2D eigenvalue weighted by Crippen LogP contribution is -2.68. The normalized spacial score (nSPS) is 29.1. The average molecular weight is 745 g/mol. The predicted octanol–water partition coefficient (Wildman–Crippen LogP) is 7.03. The fraction of sp³-hybridized carbons (Fsp3) is 0.400. The Balaban J connectivity index is 0.000000147. The van der Waals surface area contributed by atoms with Crippen LogP contribution in [0.5, 0.6) is 0 Å². The first kappa shape index (κ1) is 32.6. The second kappa shape index (κ2) is 14.9. The molecule has 6 rings (SSSR count). The molecule has 0 saturated heterocycles. The maximum absolute atomic E-state index is 8.49. The van der Waals surface area contributed by atoms with Crippen LogP contribution >= 0.6 is 140 Å². The molecule has 0 aliphatic carbocycles. The van der Waals surface area contributed by atoms with Crippen LogP contribution in [-0.4, -0.2) is 21.0 Å². The maximum Gasteiger partial charge on any atom is 0.286 e. The van der Waals surface area contributed by atoms with E-state index in [4.69, 9.17) is 18.6 Å². The second-order valence-electron chi connectivity index (χ2n) is 7.39. The average Bonchev–Trinajstić information content (AvgIpc) is 3.60. The van der Waals surface area contributed by atoms with Crippen molar-refractivity contribution >= 4 is 140 Å². The molecule has 0 bridgehead atoms. The summed E-state index contributed by atoms with van der Waals surface area (Å²) < 4.78 is 46.0. The van der Waals surface area contributed by atoms with E-state index in [1.807, 2.05) is 93.2 Å². The number of hydrogen-bond donors (Lipinski definition) is 0. The highest BCUT2D eigenvalue weighted by atomic mass is 35.7. The molecule has 0 aromatic carbocycles. The Morgan fingerprint density at radius 3 is 1.62 bits per heavy atom. The van der Waals surface area contributed by atoms with Gasteiger partial charge in [-0.2, -0.15) is 0 Å². The largest absolute Gasteiger partial charge is 0.286 e. The van der Waals surface area contributed by atoms with Crippen molar-refractivity contribution in [1.82, 2.24) is 0 Å². The monoisotopic (exact) mass is 743 g/mol. The zero-order valence-corrected chi connectivity index (χ0v) is 30.1. The smallest absolute Gasteiger partial charge is 0.222 e. The minimum absolute atomic E-state index is 0.739. The summed E-state index contributed by atoms with van der Waals surface area (Å²) in [6, 6.07) is 0. The van der Waals surface area contributed by atoms with Crippen LogP contribution in [0.4, 0.5) is 0 Å². The zero-order chi connectivity index (χ0) is 26.7. The van der Waals surface area contributed by atoms with E-state index in [9.17, 15) is 0 Å². The van der Waals surface area contributed by atoms with Crippen LogP contribution in [0.25, 0.3) is 0 Å². The molecule has 0 unspecified atom stereocenters. The van der Waals surface area contributed by atoms with E-state index in [-0.39, 0.29) is 0 Å². The Morgan fingerprint density at radius 1 is 0.622 bits per heavy atom. The summed E-state index contributed by atoms with van der Waals surface area (Å²) in [5, 5.41) is 11.7. The van der Waals surface area contributed by atoms with E-state index < -0.39 is 10.2 Å². The molecule has 5 aliphatic rings. The molecule has 203 valence electrons. The molecule has 0 saturated carbocycles. The lowest BCUT2D eigenvalue weighted by Gasteiger charge is -2.24. The highest BCUT2D eigenvalue weighted by Gasteiger charge is 2.38. The summed E-state index contributed by atoms with van der Waals surface area (Å²) in [5.41, 5.74) is 0. The minimum Gasteiger partial charge on any atom is -0.222 e. The molecule has 17 heteroatoms. The molecule has 0 N–H and O–H groups in total. The van der Waals surface area contributed by atoms with Crippen molar-refractivity contribution in [3.05, 3.63) is 47.4 Å².